The highest BCUT2D eigenvalue weighted by Crippen LogP contribution is 2.38. The van der Waals surface area contributed by atoms with E-state index in [1.807, 2.05) is 4.90 Å². The Morgan fingerprint density at radius 1 is 1.19 bits per heavy atom. The molecule has 0 spiro atoms. The number of nitrogens with one attached hydrogen (secondary N) is 1. The van der Waals surface area contributed by atoms with Gasteiger partial charge in [0.1, 0.15) is 17.5 Å². The molecule has 3 N–H and O–H groups in total. The van der Waals surface area contributed by atoms with Crippen LogP contribution < -0.4 is 16.0 Å². The molecule has 0 aliphatic carbocycles. The monoisotopic (exact) mass is 456 g/mol. The van der Waals surface area contributed by atoms with Gasteiger partial charge in [-0.25, -0.2) is 15.0 Å². The molecule has 1 saturated heterocycles. The van der Waals surface area contributed by atoms with Crippen LogP contribution in [0.4, 0.5) is 30.6 Å². The topological polar surface area (TPSA) is 106 Å². The van der Waals surface area contributed by atoms with Crippen molar-refractivity contribution < 1.29 is 22.1 Å². The van der Waals surface area contributed by atoms with E-state index in [1.165, 1.54) is 0 Å². The number of hydrogen-bond acceptors (Lipinski definition) is 8. The molecule has 2 aromatic rings. The van der Waals surface area contributed by atoms with E-state index < -0.39 is 22.5 Å². The van der Waals surface area contributed by atoms with Crippen molar-refractivity contribution in [3.63, 3.8) is 0 Å². The summed E-state index contributed by atoms with van der Waals surface area (Å²) < 4.78 is 58.6. The Labute approximate surface area is 179 Å². The van der Waals surface area contributed by atoms with Crippen molar-refractivity contribution in [3.8, 4) is 11.4 Å². The first-order chi connectivity index (χ1) is 14.8. The molecule has 0 saturated carbocycles. The molecule has 0 amide bonds. The number of halogens is 3. The Hall–Kier alpha value is -2.47. The van der Waals surface area contributed by atoms with Crippen molar-refractivity contribution >= 4 is 28.3 Å². The molecule has 2 aliphatic rings. The van der Waals surface area contributed by atoms with Gasteiger partial charge in [0.25, 0.3) is 0 Å². The standard InChI is InChI=1S/C19H23F3N6O2S/c20-19(21,22)14-10-15(23)25-11-13(14)17-26-16-12(2-1-8-31(29)9-3-24-16)18(27-17)28-4-6-30-7-5-28/h10-11H,1-9H2,(H2,23,25)(H,24,26,27). The molecule has 1 atom stereocenters. The van der Waals surface area contributed by atoms with Crippen molar-refractivity contribution in [2.24, 2.45) is 0 Å². The number of fused-ring (bicyclic) bond motifs is 1. The molecule has 4 heterocycles. The third-order valence-electron chi connectivity index (χ3n) is 5.19. The quantitative estimate of drug-likeness (QED) is 0.708. The SMILES string of the molecule is Nc1cc(C(F)(F)F)c(-c2nc3c(c(N4CCOCC4)n2)CCCS(=O)CCN3)cn1. The fourth-order valence-electron chi connectivity index (χ4n) is 3.69. The van der Waals surface area contributed by atoms with Crippen molar-refractivity contribution in [3.05, 3.63) is 23.4 Å². The zero-order valence-corrected chi connectivity index (χ0v) is 17.6. The number of pyridine rings is 1. The van der Waals surface area contributed by atoms with Gasteiger partial charge in [-0.15, -0.1) is 0 Å². The van der Waals surface area contributed by atoms with Gasteiger partial charge in [0.2, 0.25) is 0 Å². The first kappa shape index (κ1) is 21.8. The second-order valence-corrected chi connectivity index (χ2v) is 9.02. The molecular weight excluding hydrogens is 433 g/mol. The van der Waals surface area contributed by atoms with Gasteiger partial charge in [-0.05, 0) is 18.9 Å². The van der Waals surface area contributed by atoms with Gasteiger partial charge >= 0.3 is 6.18 Å². The predicted octanol–water partition coefficient (Wildman–Crippen LogP) is 2.08. The maximum Gasteiger partial charge on any atom is 0.417 e. The Bertz CT molecular complexity index is 982. The molecule has 1 unspecified atom stereocenters. The van der Waals surface area contributed by atoms with Crippen LogP contribution in [0.1, 0.15) is 17.5 Å². The molecule has 4 rings (SSSR count). The third kappa shape index (κ3) is 4.90. The molecule has 2 aliphatic heterocycles. The highest BCUT2D eigenvalue weighted by Gasteiger charge is 2.36. The molecule has 12 heteroatoms. The molecule has 2 aromatic heterocycles. The maximum atomic E-state index is 13.7. The van der Waals surface area contributed by atoms with Gasteiger partial charge < -0.3 is 20.7 Å². The second kappa shape index (κ2) is 8.95. The number of nitrogens with two attached hydrogens (primary N) is 1. The van der Waals surface area contributed by atoms with E-state index in [0.29, 0.717) is 68.8 Å². The van der Waals surface area contributed by atoms with E-state index in [1.54, 1.807) is 0 Å². The van der Waals surface area contributed by atoms with E-state index in [-0.39, 0.29) is 17.2 Å². The number of nitrogens with zero attached hydrogens (tertiary/aromatic N) is 4. The number of aromatic nitrogens is 3. The number of morpholine rings is 1. The van der Waals surface area contributed by atoms with E-state index >= 15 is 0 Å². The summed E-state index contributed by atoms with van der Waals surface area (Å²) in [5, 5.41) is 3.17. The number of nitrogen functional groups attached to an aromatic ring is 1. The van der Waals surface area contributed by atoms with E-state index in [9.17, 15) is 17.4 Å². The highest BCUT2D eigenvalue weighted by atomic mass is 32.2. The number of ether oxygens (including phenoxy) is 1. The Kier molecular flexibility index (Phi) is 6.28. The van der Waals surface area contributed by atoms with Crippen molar-refractivity contribution in [1.82, 2.24) is 15.0 Å². The second-order valence-electron chi connectivity index (χ2n) is 7.33. The Balaban J connectivity index is 1.87. The minimum absolute atomic E-state index is 0.0760. The smallest absolute Gasteiger partial charge is 0.384 e. The van der Waals surface area contributed by atoms with Crippen LogP contribution in [-0.2, 0) is 28.1 Å². The first-order valence-corrected chi connectivity index (χ1v) is 11.5. The zero-order chi connectivity index (χ0) is 22.0. The normalized spacial score (nSPS) is 20.2. The van der Waals surface area contributed by atoms with Gasteiger partial charge in [0.15, 0.2) is 5.82 Å². The lowest BCUT2D eigenvalue weighted by Gasteiger charge is -2.30. The van der Waals surface area contributed by atoms with Crippen LogP contribution in [0.3, 0.4) is 0 Å². The van der Waals surface area contributed by atoms with E-state index in [4.69, 9.17) is 10.5 Å². The highest BCUT2D eigenvalue weighted by molar-refractivity contribution is 7.85. The van der Waals surface area contributed by atoms with Gasteiger partial charge in [0.05, 0.1) is 24.3 Å². The lowest BCUT2D eigenvalue weighted by Crippen LogP contribution is -2.37. The first-order valence-electron chi connectivity index (χ1n) is 9.98. The van der Waals surface area contributed by atoms with Crippen LogP contribution in [0.5, 0.6) is 0 Å². The molecule has 168 valence electrons. The van der Waals surface area contributed by atoms with E-state index in [0.717, 1.165) is 17.8 Å². The lowest BCUT2D eigenvalue weighted by atomic mass is 10.1. The third-order valence-corrected chi connectivity index (χ3v) is 6.59. The summed E-state index contributed by atoms with van der Waals surface area (Å²) in [6.45, 7) is 2.55. The van der Waals surface area contributed by atoms with Crippen LogP contribution in [0.25, 0.3) is 11.4 Å². The maximum absolute atomic E-state index is 13.7. The number of rotatable bonds is 2. The molecule has 0 aromatic carbocycles. The van der Waals surface area contributed by atoms with Crippen LogP contribution >= 0.6 is 0 Å². The summed E-state index contributed by atoms with van der Waals surface area (Å²) in [5.41, 5.74) is 5.17. The fraction of sp³-hybridized carbons (Fsp3) is 0.526. The van der Waals surface area contributed by atoms with Crippen LogP contribution in [0, 0.1) is 0 Å². The zero-order valence-electron chi connectivity index (χ0n) is 16.7. The molecule has 31 heavy (non-hydrogen) atoms. The Morgan fingerprint density at radius 2 is 1.97 bits per heavy atom. The van der Waals surface area contributed by atoms with Gasteiger partial charge in [-0.1, -0.05) is 0 Å². The average Bonchev–Trinajstić information content (AvgIpc) is 2.83. The molecular formula is C19H23F3N6O2S. The molecule has 8 nitrogen and oxygen atoms in total. The van der Waals surface area contributed by atoms with Crippen LogP contribution in [0.2, 0.25) is 0 Å². The number of hydrogen-bond donors (Lipinski definition) is 2. The molecule has 0 radical (unpaired) electrons. The summed E-state index contributed by atoms with van der Waals surface area (Å²) in [6.07, 6.45) is -2.32. The summed E-state index contributed by atoms with van der Waals surface area (Å²) in [4.78, 5) is 14.9. The largest absolute Gasteiger partial charge is 0.417 e. The van der Waals surface area contributed by atoms with Crippen LogP contribution in [0.15, 0.2) is 12.3 Å². The average molecular weight is 456 g/mol. The minimum atomic E-state index is -4.64. The van der Waals surface area contributed by atoms with Crippen LogP contribution in [-0.4, -0.2) is 63.5 Å². The minimum Gasteiger partial charge on any atom is -0.384 e. The van der Waals surface area contributed by atoms with Crippen molar-refractivity contribution in [1.29, 1.82) is 0 Å². The van der Waals surface area contributed by atoms with Gasteiger partial charge in [0, 0.05) is 53.7 Å². The number of anilines is 3. The van der Waals surface area contributed by atoms with Crippen molar-refractivity contribution in [2.45, 2.75) is 19.0 Å². The summed E-state index contributed by atoms with van der Waals surface area (Å²) in [5.74, 6) is 1.75. The van der Waals surface area contributed by atoms with Gasteiger partial charge in [-0.2, -0.15) is 13.2 Å². The Morgan fingerprint density at radius 3 is 2.71 bits per heavy atom. The lowest BCUT2D eigenvalue weighted by molar-refractivity contribution is -0.137. The summed E-state index contributed by atoms with van der Waals surface area (Å²) in [6, 6.07) is 0.797. The summed E-state index contributed by atoms with van der Waals surface area (Å²) >= 11 is 0. The number of alkyl halides is 3. The van der Waals surface area contributed by atoms with E-state index in [2.05, 4.69) is 20.3 Å². The molecule has 1 fully saturated rings. The van der Waals surface area contributed by atoms with Crippen molar-refractivity contribution in [2.75, 3.05) is 60.3 Å². The predicted molar refractivity (Wildman–Crippen MR) is 112 cm³/mol. The molecule has 0 bridgehead atoms. The fourth-order valence-corrected chi connectivity index (χ4v) is 4.69. The summed E-state index contributed by atoms with van der Waals surface area (Å²) in [7, 11) is -0.956. The van der Waals surface area contributed by atoms with Gasteiger partial charge in [-0.3, -0.25) is 4.21 Å².